The zero-order valence-corrected chi connectivity index (χ0v) is 16.2. The van der Waals surface area contributed by atoms with Crippen LogP contribution in [0, 0.1) is 0 Å². The smallest absolute Gasteiger partial charge is 0.251 e. The van der Waals surface area contributed by atoms with E-state index in [1.807, 2.05) is 12.1 Å². The van der Waals surface area contributed by atoms with Crippen molar-refractivity contribution in [3.05, 3.63) is 35.4 Å². The van der Waals surface area contributed by atoms with Gasteiger partial charge in [-0.15, -0.1) is 0 Å². The highest BCUT2D eigenvalue weighted by molar-refractivity contribution is 5.94. The van der Waals surface area contributed by atoms with E-state index < -0.39 is 0 Å². The summed E-state index contributed by atoms with van der Waals surface area (Å²) in [7, 11) is 0. The molecule has 2 fully saturated rings. The molecule has 1 atom stereocenters. The number of hydrogen-bond acceptors (Lipinski definition) is 4. The number of likely N-dealkylation sites (N-methyl/N-ethyl adjacent to an activating group) is 1. The fraction of sp³-hybridized carbons (Fsp3) is 0.667. The molecular formula is C21H34N4O. The summed E-state index contributed by atoms with van der Waals surface area (Å²) in [6.07, 6.45) is 3.50. The van der Waals surface area contributed by atoms with E-state index >= 15 is 0 Å². The number of nitrogens with zero attached hydrogens (tertiary/aromatic N) is 2. The number of piperidine rings is 1. The fourth-order valence-corrected chi connectivity index (χ4v) is 3.98. The van der Waals surface area contributed by atoms with Gasteiger partial charge in [0, 0.05) is 44.8 Å². The first kappa shape index (κ1) is 19.3. The molecule has 1 aromatic carbocycles. The molecule has 3 rings (SSSR count). The first-order valence-corrected chi connectivity index (χ1v) is 10.3. The zero-order chi connectivity index (χ0) is 18.2. The van der Waals surface area contributed by atoms with E-state index in [0.29, 0.717) is 5.92 Å². The van der Waals surface area contributed by atoms with Crippen molar-refractivity contribution in [2.45, 2.75) is 32.1 Å². The van der Waals surface area contributed by atoms with Crippen molar-refractivity contribution in [3.63, 3.8) is 0 Å². The molecule has 5 heteroatoms. The highest BCUT2D eigenvalue weighted by atomic mass is 16.1. The number of hydrogen-bond donors (Lipinski definition) is 2. The molecule has 2 N–H and O–H groups in total. The minimum Gasteiger partial charge on any atom is -0.352 e. The Morgan fingerprint density at radius 3 is 2.54 bits per heavy atom. The Bertz CT molecular complexity index is 546. The van der Waals surface area contributed by atoms with Gasteiger partial charge in [0.25, 0.3) is 5.91 Å². The second kappa shape index (κ2) is 10.0. The number of carbonyl (C=O) groups excluding carboxylic acids is 1. The van der Waals surface area contributed by atoms with Crippen LogP contribution in [0.15, 0.2) is 24.3 Å². The van der Waals surface area contributed by atoms with Crippen LogP contribution in [0.2, 0.25) is 0 Å². The van der Waals surface area contributed by atoms with E-state index in [1.54, 1.807) is 0 Å². The summed E-state index contributed by atoms with van der Waals surface area (Å²) < 4.78 is 0. The van der Waals surface area contributed by atoms with Crippen molar-refractivity contribution in [2.24, 2.45) is 0 Å². The van der Waals surface area contributed by atoms with Crippen molar-refractivity contribution in [2.75, 3.05) is 58.9 Å². The molecule has 2 aliphatic heterocycles. The van der Waals surface area contributed by atoms with E-state index in [4.69, 9.17) is 0 Å². The minimum absolute atomic E-state index is 0.0501. The summed E-state index contributed by atoms with van der Waals surface area (Å²) in [6.45, 7) is 12.0. The Balaban J connectivity index is 1.35. The molecule has 2 heterocycles. The molecule has 1 amide bonds. The number of amides is 1. The molecule has 2 aliphatic rings. The molecule has 5 nitrogen and oxygen atoms in total. The third kappa shape index (κ3) is 5.53. The van der Waals surface area contributed by atoms with Crippen LogP contribution in [-0.2, 0) is 0 Å². The van der Waals surface area contributed by atoms with Crippen LogP contribution in [0.5, 0.6) is 0 Å². The predicted molar refractivity (Wildman–Crippen MR) is 107 cm³/mol. The lowest BCUT2D eigenvalue weighted by Crippen LogP contribution is -2.46. The second-order valence-corrected chi connectivity index (χ2v) is 7.55. The van der Waals surface area contributed by atoms with Gasteiger partial charge in [0.1, 0.15) is 0 Å². The maximum absolute atomic E-state index is 12.3. The normalized spacial score (nSPS) is 22.3. The maximum Gasteiger partial charge on any atom is 0.251 e. The Hall–Kier alpha value is -1.43. The van der Waals surface area contributed by atoms with Crippen molar-refractivity contribution in [1.29, 1.82) is 0 Å². The van der Waals surface area contributed by atoms with Crippen LogP contribution in [0.25, 0.3) is 0 Å². The van der Waals surface area contributed by atoms with Gasteiger partial charge in [0.15, 0.2) is 0 Å². The molecule has 0 unspecified atom stereocenters. The van der Waals surface area contributed by atoms with Crippen LogP contribution in [0.3, 0.4) is 0 Å². The van der Waals surface area contributed by atoms with Crippen molar-refractivity contribution >= 4 is 5.91 Å². The van der Waals surface area contributed by atoms with Crippen LogP contribution >= 0.6 is 0 Å². The zero-order valence-electron chi connectivity index (χ0n) is 16.2. The van der Waals surface area contributed by atoms with E-state index in [1.165, 1.54) is 31.5 Å². The van der Waals surface area contributed by atoms with Crippen molar-refractivity contribution in [1.82, 2.24) is 20.4 Å². The Kier molecular flexibility index (Phi) is 7.47. The van der Waals surface area contributed by atoms with Gasteiger partial charge in [-0.05, 0) is 62.5 Å². The van der Waals surface area contributed by atoms with Crippen LogP contribution < -0.4 is 10.6 Å². The largest absolute Gasteiger partial charge is 0.352 e. The lowest BCUT2D eigenvalue weighted by Gasteiger charge is -2.33. The Labute approximate surface area is 158 Å². The van der Waals surface area contributed by atoms with E-state index in [2.05, 4.69) is 39.5 Å². The maximum atomic E-state index is 12.3. The summed E-state index contributed by atoms with van der Waals surface area (Å²) in [4.78, 5) is 17.3. The SMILES string of the molecule is CCN1CCN(CCCNC(=O)c2ccc([C@H]3CCCNC3)cc2)CC1. The third-order valence-corrected chi connectivity index (χ3v) is 5.79. The van der Waals surface area contributed by atoms with Crippen molar-refractivity contribution < 1.29 is 4.79 Å². The molecule has 144 valence electrons. The van der Waals surface area contributed by atoms with Crippen LogP contribution in [0.4, 0.5) is 0 Å². The molecule has 26 heavy (non-hydrogen) atoms. The number of piperazine rings is 1. The number of rotatable bonds is 7. The molecule has 0 bridgehead atoms. The van der Waals surface area contributed by atoms with Crippen LogP contribution in [0.1, 0.15) is 48.0 Å². The van der Waals surface area contributed by atoms with Gasteiger partial charge >= 0.3 is 0 Å². The Morgan fingerprint density at radius 1 is 1.15 bits per heavy atom. The third-order valence-electron chi connectivity index (χ3n) is 5.79. The standard InChI is InChI=1S/C21H34N4O/c1-2-24-13-15-25(16-14-24)12-4-11-23-21(26)19-8-6-18(7-9-19)20-5-3-10-22-17-20/h6-9,20,22H,2-5,10-17H2,1H3,(H,23,26)/t20-/m0/s1. The van der Waals surface area contributed by atoms with E-state index in [-0.39, 0.29) is 5.91 Å². The topological polar surface area (TPSA) is 47.6 Å². The fourth-order valence-electron chi connectivity index (χ4n) is 3.98. The van der Waals surface area contributed by atoms with Crippen molar-refractivity contribution in [3.8, 4) is 0 Å². The van der Waals surface area contributed by atoms with Gasteiger partial charge in [0.2, 0.25) is 0 Å². The molecule has 0 spiro atoms. The summed E-state index contributed by atoms with van der Waals surface area (Å²) in [6, 6.07) is 8.20. The number of carbonyl (C=O) groups is 1. The van der Waals surface area contributed by atoms with Gasteiger partial charge in [-0.25, -0.2) is 0 Å². The average molecular weight is 359 g/mol. The first-order chi connectivity index (χ1) is 12.8. The Morgan fingerprint density at radius 2 is 1.88 bits per heavy atom. The predicted octanol–water partition coefficient (Wildman–Crippen LogP) is 1.91. The first-order valence-electron chi connectivity index (χ1n) is 10.3. The molecule has 1 aromatic rings. The molecule has 0 aliphatic carbocycles. The van der Waals surface area contributed by atoms with Gasteiger partial charge in [-0.2, -0.15) is 0 Å². The number of benzene rings is 1. The summed E-state index contributed by atoms with van der Waals surface area (Å²) in [5.74, 6) is 0.642. The average Bonchev–Trinajstić information content (AvgIpc) is 2.72. The van der Waals surface area contributed by atoms with E-state index in [0.717, 1.165) is 57.8 Å². The van der Waals surface area contributed by atoms with Gasteiger partial charge < -0.3 is 20.4 Å². The van der Waals surface area contributed by atoms with Gasteiger partial charge in [0.05, 0.1) is 0 Å². The minimum atomic E-state index is 0.0501. The highest BCUT2D eigenvalue weighted by Gasteiger charge is 2.16. The monoisotopic (exact) mass is 358 g/mol. The molecule has 2 saturated heterocycles. The molecule has 0 aromatic heterocycles. The summed E-state index contributed by atoms with van der Waals surface area (Å²) in [5, 5.41) is 6.52. The summed E-state index contributed by atoms with van der Waals surface area (Å²) in [5.41, 5.74) is 2.12. The second-order valence-electron chi connectivity index (χ2n) is 7.55. The highest BCUT2D eigenvalue weighted by Crippen LogP contribution is 2.23. The van der Waals surface area contributed by atoms with Gasteiger partial charge in [-0.1, -0.05) is 19.1 Å². The van der Waals surface area contributed by atoms with E-state index in [9.17, 15) is 4.79 Å². The molecule has 0 radical (unpaired) electrons. The van der Waals surface area contributed by atoms with Crippen LogP contribution in [-0.4, -0.2) is 74.6 Å². The lowest BCUT2D eigenvalue weighted by atomic mass is 9.91. The van der Waals surface area contributed by atoms with Gasteiger partial charge in [-0.3, -0.25) is 4.79 Å². The number of nitrogens with one attached hydrogen (secondary N) is 2. The lowest BCUT2D eigenvalue weighted by molar-refractivity contribution is 0.0948. The molecule has 0 saturated carbocycles. The summed E-state index contributed by atoms with van der Waals surface area (Å²) >= 11 is 0. The molecular weight excluding hydrogens is 324 g/mol. The quantitative estimate of drug-likeness (QED) is 0.731.